The lowest BCUT2D eigenvalue weighted by atomic mass is 10.3. The van der Waals surface area contributed by atoms with Crippen molar-refractivity contribution in [2.24, 2.45) is 5.50 Å². The zero-order chi connectivity index (χ0) is 11.5. The predicted molar refractivity (Wildman–Crippen MR) is 60.5 cm³/mol. The molecule has 1 rings (SSSR count). The molecule has 84 valence electrons. The van der Waals surface area contributed by atoms with Crippen molar-refractivity contribution in [2.75, 3.05) is 6.61 Å². The number of nitrogens with two attached hydrogens (primary N) is 1. The van der Waals surface area contributed by atoms with Crippen LogP contribution in [0.4, 0.5) is 0 Å². The van der Waals surface area contributed by atoms with Crippen LogP contribution >= 0.6 is 30.9 Å². The van der Waals surface area contributed by atoms with Gasteiger partial charge in [-0.15, -0.1) is 0 Å². The number of hydrogen-bond donors (Lipinski definition) is 1. The van der Waals surface area contributed by atoms with Gasteiger partial charge in [0.15, 0.2) is 5.75 Å². The van der Waals surface area contributed by atoms with Gasteiger partial charge in [0.2, 0.25) is 0 Å². The summed E-state index contributed by atoms with van der Waals surface area (Å²) in [5, 5.41) is 0.677. The van der Waals surface area contributed by atoms with Gasteiger partial charge in [-0.2, -0.15) is 0 Å². The van der Waals surface area contributed by atoms with Crippen molar-refractivity contribution < 1.29 is 13.6 Å². The molecule has 0 fully saturated rings. The molecule has 0 saturated carbocycles. The monoisotopic (exact) mass is 269 g/mol. The Labute approximate surface area is 97.9 Å². The molecule has 1 aromatic rings. The van der Waals surface area contributed by atoms with Crippen molar-refractivity contribution in [3.63, 3.8) is 0 Å². The number of benzene rings is 1. The van der Waals surface area contributed by atoms with Gasteiger partial charge in [-0.1, -0.05) is 23.2 Å². The summed E-state index contributed by atoms with van der Waals surface area (Å²) < 4.78 is 21.2. The Morgan fingerprint density at radius 2 is 2.13 bits per heavy atom. The maximum Gasteiger partial charge on any atom is 0.456 e. The third-order valence-electron chi connectivity index (χ3n) is 1.43. The highest BCUT2D eigenvalue weighted by Crippen LogP contribution is 2.43. The molecule has 0 aromatic heterocycles. The third kappa shape index (κ3) is 4.01. The van der Waals surface area contributed by atoms with E-state index in [2.05, 4.69) is 0 Å². The summed E-state index contributed by atoms with van der Waals surface area (Å²) in [6.07, 6.45) is 0. The molecular formula is C8H10Cl2NO3P. The van der Waals surface area contributed by atoms with Crippen LogP contribution in [0.25, 0.3) is 0 Å². The molecule has 0 spiro atoms. The van der Waals surface area contributed by atoms with E-state index < -0.39 is 7.75 Å². The van der Waals surface area contributed by atoms with Gasteiger partial charge >= 0.3 is 7.75 Å². The van der Waals surface area contributed by atoms with Crippen LogP contribution in [0.3, 0.4) is 0 Å². The average Bonchev–Trinajstić information content (AvgIpc) is 2.10. The van der Waals surface area contributed by atoms with E-state index in [1.807, 2.05) is 0 Å². The van der Waals surface area contributed by atoms with Crippen molar-refractivity contribution in [3.8, 4) is 5.75 Å². The Kier molecular flexibility index (Phi) is 4.44. The fourth-order valence-electron chi connectivity index (χ4n) is 0.891. The fraction of sp³-hybridized carbons (Fsp3) is 0.250. The first kappa shape index (κ1) is 12.8. The number of rotatable bonds is 4. The SMILES string of the molecule is CCOP(N)(=O)Oc1cc(Cl)ccc1Cl. The summed E-state index contributed by atoms with van der Waals surface area (Å²) in [5.41, 5.74) is 5.29. The molecule has 0 radical (unpaired) electrons. The predicted octanol–water partition coefficient (Wildman–Crippen LogP) is 3.48. The van der Waals surface area contributed by atoms with Gasteiger partial charge in [0.05, 0.1) is 11.6 Å². The molecule has 4 nitrogen and oxygen atoms in total. The van der Waals surface area contributed by atoms with Crippen molar-refractivity contribution in [1.82, 2.24) is 0 Å². The minimum Gasteiger partial charge on any atom is -0.412 e. The van der Waals surface area contributed by atoms with Gasteiger partial charge in [0, 0.05) is 11.1 Å². The molecule has 7 heteroatoms. The van der Waals surface area contributed by atoms with Gasteiger partial charge in [-0.05, 0) is 19.1 Å². The molecule has 0 aliphatic rings. The first-order chi connectivity index (χ1) is 6.94. The quantitative estimate of drug-likeness (QED) is 0.851. The highest BCUT2D eigenvalue weighted by atomic mass is 35.5. The summed E-state index contributed by atoms with van der Waals surface area (Å²) in [5.74, 6) is 0.142. The van der Waals surface area contributed by atoms with Crippen LogP contribution < -0.4 is 10.0 Å². The van der Waals surface area contributed by atoms with Crippen LogP contribution in [0, 0.1) is 0 Å². The van der Waals surface area contributed by atoms with Crippen molar-refractivity contribution in [1.29, 1.82) is 0 Å². The zero-order valence-corrected chi connectivity index (χ0v) is 10.4. The normalized spacial score (nSPS) is 14.7. The van der Waals surface area contributed by atoms with Crippen LogP contribution in [0.1, 0.15) is 6.92 Å². The van der Waals surface area contributed by atoms with Crippen molar-refractivity contribution in [2.45, 2.75) is 6.92 Å². The lowest BCUT2D eigenvalue weighted by Crippen LogP contribution is -2.06. The zero-order valence-electron chi connectivity index (χ0n) is 7.94. The van der Waals surface area contributed by atoms with Gasteiger partial charge in [-0.3, -0.25) is 4.52 Å². The van der Waals surface area contributed by atoms with Crippen LogP contribution in [0.5, 0.6) is 5.75 Å². The molecule has 0 bridgehead atoms. The van der Waals surface area contributed by atoms with Gasteiger partial charge < -0.3 is 4.52 Å². The Balaban J connectivity index is 2.89. The maximum atomic E-state index is 11.5. The number of halogens is 2. The molecule has 1 unspecified atom stereocenters. The lowest BCUT2D eigenvalue weighted by Gasteiger charge is -2.14. The molecule has 1 aromatic carbocycles. The highest BCUT2D eigenvalue weighted by Gasteiger charge is 2.20. The lowest BCUT2D eigenvalue weighted by molar-refractivity contribution is 0.280. The second-order valence-corrected chi connectivity index (χ2v) is 4.99. The summed E-state index contributed by atoms with van der Waals surface area (Å²) in [6, 6.07) is 4.52. The first-order valence-electron chi connectivity index (χ1n) is 4.12. The molecule has 15 heavy (non-hydrogen) atoms. The Bertz CT molecular complexity index is 399. The summed E-state index contributed by atoms with van der Waals surface area (Å²) in [6.45, 7) is 1.84. The standard InChI is InChI=1S/C8H10Cl2NO3P/c1-2-13-15(11,12)14-8-5-6(9)3-4-7(8)10/h3-5H,2H2,1H3,(H2,11,12). The van der Waals surface area contributed by atoms with E-state index in [4.69, 9.17) is 37.8 Å². The maximum absolute atomic E-state index is 11.5. The van der Waals surface area contributed by atoms with E-state index in [0.717, 1.165) is 0 Å². The third-order valence-corrected chi connectivity index (χ3v) is 3.04. The molecule has 0 heterocycles. The Morgan fingerprint density at radius 1 is 1.47 bits per heavy atom. The van der Waals surface area contributed by atoms with Crippen LogP contribution in [0.15, 0.2) is 18.2 Å². The van der Waals surface area contributed by atoms with E-state index in [1.54, 1.807) is 13.0 Å². The second kappa shape index (κ2) is 5.19. The fourth-order valence-corrected chi connectivity index (χ4v) is 2.10. The van der Waals surface area contributed by atoms with Crippen molar-refractivity contribution in [3.05, 3.63) is 28.2 Å². The Morgan fingerprint density at radius 3 is 2.73 bits per heavy atom. The van der Waals surface area contributed by atoms with E-state index in [-0.39, 0.29) is 17.4 Å². The minimum atomic E-state index is -3.60. The molecule has 0 amide bonds. The second-order valence-electron chi connectivity index (χ2n) is 2.62. The van der Waals surface area contributed by atoms with Crippen LogP contribution in [-0.4, -0.2) is 6.61 Å². The van der Waals surface area contributed by atoms with Crippen molar-refractivity contribution >= 4 is 30.9 Å². The first-order valence-corrected chi connectivity index (χ1v) is 6.49. The molecule has 0 aliphatic heterocycles. The summed E-state index contributed by atoms with van der Waals surface area (Å²) in [7, 11) is -3.60. The minimum absolute atomic E-state index is 0.142. The molecule has 0 saturated heterocycles. The van der Waals surface area contributed by atoms with E-state index in [1.165, 1.54) is 12.1 Å². The largest absolute Gasteiger partial charge is 0.456 e. The molecule has 1 atom stereocenters. The van der Waals surface area contributed by atoms with Gasteiger partial charge in [-0.25, -0.2) is 10.1 Å². The van der Waals surface area contributed by atoms with Crippen LogP contribution in [-0.2, 0) is 9.09 Å². The smallest absolute Gasteiger partial charge is 0.412 e. The van der Waals surface area contributed by atoms with E-state index >= 15 is 0 Å². The number of hydrogen-bond acceptors (Lipinski definition) is 3. The Hall–Kier alpha value is -0.250. The average molecular weight is 270 g/mol. The molecule has 0 aliphatic carbocycles. The summed E-state index contributed by atoms with van der Waals surface area (Å²) in [4.78, 5) is 0. The van der Waals surface area contributed by atoms with Crippen LogP contribution in [0.2, 0.25) is 10.0 Å². The summed E-state index contributed by atoms with van der Waals surface area (Å²) >= 11 is 11.5. The molecular weight excluding hydrogens is 260 g/mol. The molecule has 2 N–H and O–H groups in total. The van der Waals surface area contributed by atoms with Gasteiger partial charge in [0.25, 0.3) is 0 Å². The highest BCUT2D eigenvalue weighted by molar-refractivity contribution is 7.51. The van der Waals surface area contributed by atoms with E-state index in [9.17, 15) is 4.57 Å². The topological polar surface area (TPSA) is 61.5 Å². The van der Waals surface area contributed by atoms with Gasteiger partial charge in [0.1, 0.15) is 0 Å². The van der Waals surface area contributed by atoms with E-state index in [0.29, 0.717) is 5.02 Å².